The maximum absolute atomic E-state index is 12.1. The van der Waals surface area contributed by atoms with Crippen LogP contribution in [0.15, 0.2) is 42.5 Å². The number of carbonyl (C=O) groups is 1. The largest absolute Gasteiger partial charge is 0.494 e. The standard InChI is InChI=1S/C18H17NO2/c1-3-21-14-6-4-5-13(10-14)11-16-15-9-12(2)7-8-17(15)19-18(16)20/h4-11H,3H2,1-2H3,(H,19,20)/b16-11+. The van der Waals surface area contributed by atoms with Crippen LogP contribution in [0.4, 0.5) is 5.69 Å². The molecule has 3 rings (SSSR count). The molecule has 106 valence electrons. The van der Waals surface area contributed by atoms with Gasteiger partial charge in [-0.05, 0) is 49.8 Å². The monoisotopic (exact) mass is 279 g/mol. The van der Waals surface area contributed by atoms with Crippen molar-refractivity contribution in [2.45, 2.75) is 13.8 Å². The molecule has 0 saturated carbocycles. The van der Waals surface area contributed by atoms with Gasteiger partial charge in [-0.15, -0.1) is 0 Å². The fourth-order valence-electron chi connectivity index (χ4n) is 2.47. The van der Waals surface area contributed by atoms with E-state index in [-0.39, 0.29) is 5.91 Å². The van der Waals surface area contributed by atoms with Crippen LogP contribution in [0.25, 0.3) is 11.6 Å². The fourth-order valence-corrected chi connectivity index (χ4v) is 2.47. The molecule has 1 heterocycles. The van der Waals surface area contributed by atoms with E-state index in [1.165, 1.54) is 0 Å². The molecule has 0 spiro atoms. The van der Waals surface area contributed by atoms with E-state index in [0.717, 1.165) is 28.1 Å². The smallest absolute Gasteiger partial charge is 0.256 e. The molecule has 0 saturated heterocycles. The summed E-state index contributed by atoms with van der Waals surface area (Å²) in [5, 5.41) is 2.90. The van der Waals surface area contributed by atoms with Gasteiger partial charge in [-0.25, -0.2) is 0 Å². The average molecular weight is 279 g/mol. The zero-order valence-electron chi connectivity index (χ0n) is 12.1. The first-order valence-electron chi connectivity index (χ1n) is 7.04. The van der Waals surface area contributed by atoms with E-state index in [9.17, 15) is 4.79 Å². The van der Waals surface area contributed by atoms with E-state index in [0.29, 0.717) is 12.2 Å². The summed E-state index contributed by atoms with van der Waals surface area (Å²) in [5.41, 5.74) is 4.63. The van der Waals surface area contributed by atoms with Crippen molar-refractivity contribution in [2.24, 2.45) is 0 Å². The molecule has 21 heavy (non-hydrogen) atoms. The van der Waals surface area contributed by atoms with Gasteiger partial charge in [0.2, 0.25) is 0 Å². The molecule has 0 aliphatic carbocycles. The van der Waals surface area contributed by atoms with E-state index in [1.807, 2.05) is 62.4 Å². The lowest BCUT2D eigenvalue weighted by molar-refractivity contribution is -0.110. The van der Waals surface area contributed by atoms with Crippen LogP contribution in [0.2, 0.25) is 0 Å². The first kappa shape index (κ1) is 13.4. The second-order valence-corrected chi connectivity index (χ2v) is 5.07. The predicted octanol–water partition coefficient (Wildman–Crippen LogP) is 3.89. The first-order valence-corrected chi connectivity index (χ1v) is 7.04. The van der Waals surface area contributed by atoms with Crippen molar-refractivity contribution in [2.75, 3.05) is 11.9 Å². The SMILES string of the molecule is CCOc1cccc(/C=C2/C(=O)Nc3ccc(C)cc32)c1. The van der Waals surface area contributed by atoms with E-state index < -0.39 is 0 Å². The molecule has 0 atom stereocenters. The van der Waals surface area contributed by atoms with Gasteiger partial charge >= 0.3 is 0 Å². The molecular weight excluding hydrogens is 262 g/mol. The van der Waals surface area contributed by atoms with Gasteiger partial charge in [-0.1, -0.05) is 23.8 Å². The quantitative estimate of drug-likeness (QED) is 0.866. The summed E-state index contributed by atoms with van der Waals surface area (Å²) < 4.78 is 5.50. The Morgan fingerprint density at radius 3 is 2.86 bits per heavy atom. The van der Waals surface area contributed by atoms with Gasteiger partial charge in [-0.2, -0.15) is 0 Å². The van der Waals surface area contributed by atoms with E-state index in [2.05, 4.69) is 5.32 Å². The van der Waals surface area contributed by atoms with Crippen LogP contribution in [-0.4, -0.2) is 12.5 Å². The van der Waals surface area contributed by atoms with Gasteiger partial charge in [0.15, 0.2) is 0 Å². The molecule has 1 aliphatic rings. The molecule has 2 aromatic carbocycles. The highest BCUT2D eigenvalue weighted by Gasteiger charge is 2.23. The second kappa shape index (κ2) is 5.44. The van der Waals surface area contributed by atoms with E-state index in [4.69, 9.17) is 4.74 Å². The number of benzene rings is 2. The van der Waals surface area contributed by atoms with Gasteiger partial charge in [0.1, 0.15) is 5.75 Å². The lowest BCUT2D eigenvalue weighted by Gasteiger charge is -2.04. The number of rotatable bonds is 3. The molecule has 1 aliphatic heterocycles. The number of ether oxygens (including phenoxy) is 1. The lowest BCUT2D eigenvalue weighted by Crippen LogP contribution is -2.03. The average Bonchev–Trinajstić information content (AvgIpc) is 2.76. The van der Waals surface area contributed by atoms with E-state index >= 15 is 0 Å². The third-order valence-corrected chi connectivity index (χ3v) is 3.44. The van der Waals surface area contributed by atoms with Crippen molar-refractivity contribution in [3.05, 3.63) is 59.2 Å². The van der Waals surface area contributed by atoms with Crippen LogP contribution < -0.4 is 10.1 Å². The van der Waals surface area contributed by atoms with Gasteiger partial charge in [0.05, 0.1) is 6.61 Å². The summed E-state index contributed by atoms with van der Waals surface area (Å²) in [6.45, 7) is 4.60. The Morgan fingerprint density at radius 2 is 2.05 bits per heavy atom. The van der Waals surface area contributed by atoms with Crippen LogP contribution in [-0.2, 0) is 4.79 Å². The molecule has 2 aromatic rings. The van der Waals surface area contributed by atoms with Crippen LogP contribution in [0.3, 0.4) is 0 Å². The number of hydrogen-bond acceptors (Lipinski definition) is 2. The Morgan fingerprint density at radius 1 is 1.19 bits per heavy atom. The molecule has 1 amide bonds. The normalized spacial score (nSPS) is 15.0. The van der Waals surface area contributed by atoms with Crippen molar-refractivity contribution in [3.8, 4) is 5.75 Å². The number of anilines is 1. The topological polar surface area (TPSA) is 38.3 Å². The maximum Gasteiger partial charge on any atom is 0.256 e. The van der Waals surface area contributed by atoms with Crippen molar-refractivity contribution in [1.82, 2.24) is 0 Å². The van der Waals surface area contributed by atoms with Crippen molar-refractivity contribution < 1.29 is 9.53 Å². The Bertz CT molecular complexity index is 732. The predicted molar refractivity (Wildman–Crippen MR) is 85.3 cm³/mol. The summed E-state index contributed by atoms with van der Waals surface area (Å²) in [5.74, 6) is 0.757. The Kier molecular flexibility index (Phi) is 3.48. The molecule has 0 fully saturated rings. The van der Waals surface area contributed by atoms with Gasteiger partial charge in [0.25, 0.3) is 5.91 Å². The first-order chi connectivity index (χ1) is 10.2. The minimum Gasteiger partial charge on any atom is -0.494 e. The highest BCUT2D eigenvalue weighted by atomic mass is 16.5. The molecule has 1 N–H and O–H groups in total. The Balaban J connectivity index is 2.02. The minimum absolute atomic E-state index is 0.0580. The van der Waals surface area contributed by atoms with Crippen LogP contribution in [0.5, 0.6) is 5.75 Å². The number of fused-ring (bicyclic) bond motifs is 1. The van der Waals surface area contributed by atoms with Crippen LogP contribution in [0, 0.1) is 6.92 Å². The third-order valence-electron chi connectivity index (χ3n) is 3.44. The number of nitrogens with one attached hydrogen (secondary N) is 1. The van der Waals surface area contributed by atoms with Crippen molar-refractivity contribution in [1.29, 1.82) is 0 Å². The third kappa shape index (κ3) is 2.68. The fraction of sp³-hybridized carbons (Fsp3) is 0.167. The molecule has 0 aromatic heterocycles. The van der Waals surface area contributed by atoms with Gasteiger partial charge in [0, 0.05) is 16.8 Å². The van der Waals surface area contributed by atoms with Crippen molar-refractivity contribution >= 4 is 23.2 Å². The van der Waals surface area contributed by atoms with Crippen molar-refractivity contribution in [3.63, 3.8) is 0 Å². The van der Waals surface area contributed by atoms with Gasteiger partial charge < -0.3 is 10.1 Å². The second-order valence-electron chi connectivity index (χ2n) is 5.07. The summed E-state index contributed by atoms with van der Waals surface area (Å²) in [6.07, 6.45) is 1.91. The summed E-state index contributed by atoms with van der Waals surface area (Å²) in [4.78, 5) is 12.1. The molecule has 0 radical (unpaired) electrons. The summed E-state index contributed by atoms with van der Waals surface area (Å²) in [7, 11) is 0. The highest BCUT2D eigenvalue weighted by molar-refractivity contribution is 6.34. The van der Waals surface area contributed by atoms with E-state index in [1.54, 1.807) is 0 Å². The number of aryl methyl sites for hydroxylation is 1. The number of carbonyl (C=O) groups excluding carboxylic acids is 1. The zero-order valence-corrected chi connectivity index (χ0v) is 12.1. The molecular formula is C18H17NO2. The lowest BCUT2D eigenvalue weighted by atomic mass is 10.0. The molecule has 3 heteroatoms. The van der Waals surface area contributed by atoms with Gasteiger partial charge in [-0.3, -0.25) is 4.79 Å². The maximum atomic E-state index is 12.1. The molecule has 0 bridgehead atoms. The molecule has 0 unspecified atom stereocenters. The van der Waals surface area contributed by atoms with Crippen LogP contribution in [0.1, 0.15) is 23.6 Å². The summed E-state index contributed by atoms with van der Waals surface area (Å²) >= 11 is 0. The zero-order chi connectivity index (χ0) is 14.8. The summed E-state index contributed by atoms with van der Waals surface area (Å²) in [6, 6.07) is 13.7. The number of amides is 1. The highest BCUT2D eigenvalue weighted by Crippen LogP contribution is 2.34. The van der Waals surface area contributed by atoms with Crippen LogP contribution >= 0.6 is 0 Å². The Labute approximate surface area is 124 Å². The minimum atomic E-state index is -0.0580. The Hall–Kier alpha value is -2.55. The number of hydrogen-bond donors (Lipinski definition) is 1. The molecule has 3 nitrogen and oxygen atoms in total.